The number of halogens is 1. The first kappa shape index (κ1) is 17.2. The molecule has 0 saturated heterocycles. The van der Waals surface area contributed by atoms with Crippen LogP contribution < -0.4 is 15.9 Å². The summed E-state index contributed by atoms with van der Waals surface area (Å²) in [4.78, 5) is 0. The van der Waals surface area contributed by atoms with Gasteiger partial charge in [-0.25, -0.2) is 0 Å². The van der Waals surface area contributed by atoms with Crippen LogP contribution in [0.1, 0.15) is 6.92 Å². The molecule has 0 aliphatic rings. The number of rotatable bonds is 5. The van der Waals surface area contributed by atoms with Crippen LogP contribution in [0, 0.1) is 0 Å². The van der Waals surface area contributed by atoms with E-state index in [1.165, 1.54) is 0 Å². The second-order valence-corrected chi connectivity index (χ2v) is 12.4. The summed E-state index contributed by atoms with van der Waals surface area (Å²) < 4.78 is 5.91. The molecular weight excluding hydrogens is 335 g/mol. The van der Waals surface area contributed by atoms with E-state index in [-0.39, 0.29) is 5.85 Å². The van der Waals surface area contributed by atoms with Crippen molar-refractivity contribution in [2.75, 3.05) is 7.11 Å². The fraction of sp³-hybridized carbons (Fsp3) is 0.143. The van der Waals surface area contributed by atoms with Gasteiger partial charge >= 0.3 is 149 Å². The molecule has 0 amide bonds. The Morgan fingerprint density at radius 3 is 1.21 bits per heavy atom. The average Bonchev–Trinajstić information content (AvgIpc) is 2.69. The summed E-state index contributed by atoms with van der Waals surface area (Å²) in [6, 6.07) is 31.1. The van der Waals surface area contributed by atoms with Gasteiger partial charge in [-0.1, -0.05) is 0 Å². The third kappa shape index (κ3) is 2.40. The predicted octanol–water partition coefficient (Wildman–Crippen LogP) is 4.66. The molecular formula is C21H22ClOP. The molecule has 3 heteroatoms. The van der Waals surface area contributed by atoms with Crippen LogP contribution in [0.5, 0.6) is 0 Å². The molecule has 0 N–H and O–H groups in total. The van der Waals surface area contributed by atoms with Gasteiger partial charge in [0, 0.05) is 0 Å². The Hall–Kier alpha value is -1.66. The van der Waals surface area contributed by atoms with Crippen molar-refractivity contribution in [3.05, 3.63) is 91.0 Å². The predicted molar refractivity (Wildman–Crippen MR) is 107 cm³/mol. The fourth-order valence-corrected chi connectivity index (χ4v) is 9.50. The maximum atomic E-state index is 7.83. The molecule has 0 heterocycles. The van der Waals surface area contributed by atoms with E-state index in [1.807, 2.05) is 54.6 Å². The second-order valence-electron chi connectivity index (χ2n) is 5.92. The van der Waals surface area contributed by atoms with E-state index < -0.39 is 5.96 Å². The minimum absolute atomic E-state index is 0.162. The molecule has 0 aromatic heterocycles. The summed E-state index contributed by atoms with van der Waals surface area (Å²) in [5.41, 5.74) is 0. The normalized spacial score (nSPS) is 14.5. The molecule has 0 saturated carbocycles. The third-order valence-electron chi connectivity index (χ3n) is 4.81. The van der Waals surface area contributed by atoms with E-state index in [2.05, 4.69) is 43.3 Å². The molecule has 3 aromatic carbocycles. The zero-order valence-corrected chi connectivity index (χ0v) is 15.6. The molecule has 0 aliphatic carbocycles. The number of hydrogen-bond donors (Lipinski definition) is 0. The summed E-state index contributed by atoms with van der Waals surface area (Å²) in [5, 5.41) is 3.37. The summed E-state index contributed by atoms with van der Waals surface area (Å²) in [6.45, 7) is 2.08. The van der Waals surface area contributed by atoms with Gasteiger partial charge in [0.05, 0.1) is 0 Å². The van der Waals surface area contributed by atoms with Crippen LogP contribution in [-0.2, 0) is 4.74 Å². The topological polar surface area (TPSA) is 9.23 Å². The molecule has 3 rings (SSSR count). The van der Waals surface area contributed by atoms with Crippen molar-refractivity contribution in [2.24, 2.45) is 0 Å². The van der Waals surface area contributed by atoms with Crippen molar-refractivity contribution in [1.82, 2.24) is 0 Å². The Morgan fingerprint density at radius 2 is 0.958 bits per heavy atom. The Bertz CT molecular complexity index is 690. The Labute approximate surface area is 149 Å². The SMILES string of the molecule is COC(C)P(Cl)(c1ccccc1)(c1ccccc1)c1ccccc1. The monoisotopic (exact) mass is 356 g/mol. The second kappa shape index (κ2) is 6.69. The van der Waals surface area contributed by atoms with Crippen LogP contribution in [-0.4, -0.2) is 13.0 Å². The van der Waals surface area contributed by atoms with Crippen LogP contribution >= 0.6 is 17.2 Å². The Kier molecular flexibility index (Phi) is 4.78. The van der Waals surface area contributed by atoms with E-state index in [0.717, 1.165) is 15.9 Å². The van der Waals surface area contributed by atoms with E-state index in [4.69, 9.17) is 16.0 Å². The van der Waals surface area contributed by atoms with Crippen molar-refractivity contribution in [1.29, 1.82) is 0 Å². The van der Waals surface area contributed by atoms with Crippen molar-refractivity contribution in [2.45, 2.75) is 12.8 Å². The Balaban J connectivity index is 2.48. The van der Waals surface area contributed by atoms with Gasteiger partial charge in [0.2, 0.25) is 0 Å². The molecule has 0 aliphatic heterocycles. The number of ether oxygens (including phenoxy) is 1. The van der Waals surface area contributed by atoms with Gasteiger partial charge in [-0.05, 0) is 0 Å². The van der Waals surface area contributed by atoms with Crippen LogP contribution in [0.4, 0.5) is 0 Å². The zero-order chi connectivity index (χ0) is 17.1. The summed E-state index contributed by atoms with van der Waals surface area (Å²) in [5.74, 6) is -3.45. The molecule has 24 heavy (non-hydrogen) atoms. The van der Waals surface area contributed by atoms with E-state index in [0.29, 0.717) is 0 Å². The minimum atomic E-state index is -3.29. The van der Waals surface area contributed by atoms with Crippen molar-refractivity contribution < 1.29 is 4.74 Å². The van der Waals surface area contributed by atoms with E-state index in [1.54, 1.807) is 7.11 Å². The van der Waals surface area contributed by atoms with Gasteiger partial charge in [0.15, 0.2) is 0 Å². The molecule has 124 valence electrons. The molecule has 1 atom stereocenters. The first-order chi connectivity index (χ1) is 11.6. The van der Waals surface area contributed by atoms with Gasteiger partial charge < -0.3 is 0 Å². The number of benzene rings is 3. The number of hydrogen-bond acceptors (Lipinski definition) is 1. The van der Waals surface area contributed by atoms with E-state index in [9.17, 15) is 0 Å². The average molecular weight is 357 g/mol. The van der Waals surface area contributed by atoms with Crippen molar-refractivity contribution in [3.63, 3.8) is 0 Å². The molecule has 1 unspecified atom stereocenters. The quantitative estimate of drug-likeness (QED) is 0.604. The van der Waals surface area contributed by atoms with Gasteiger partial charge in [-0.3, -0.25) is 0 Å². The first-order valence-electron chi connectivity index (χ1n) is 8.05. The Morgan fingerprint density at radius 1 is 0.667 bits per heavy atom. The maximum absolute atomic E-state index is 7.83. The summed E-state index contributed by atoms with van der Waals surface area (Å²) in [7, 11) is 1.74. The first-order valence-corrected chi connectivity index (χ1v) is 11.3. The zero-order valence-electron chi connectivity index (χ0n) is 14.0. The summed E-state index contributed by atoms with van der Waals surface area (Å²) >= 11 is 7.83. The molecule has 0 fully saturated rings. The molecule has 3 aromatic rings. The molecule has 0 spiro atoms. The molecule has 1 nitrogen and oxygen atoms in total. The van der Waals surface area contributed by atoms with Gasteiger partial charge in [0.1, 0.15) is 0 Å². The van der Waals surface area contributed by atoms with Crippen LogP contribution in [0.2, 0.25) is 0 Å². The summed E-state index contributed by atoms with van der Waals surface area (Å²) in [6.07, 6.45) is 0. The molecule has 0 radical (unpaired) electrons. The fourth-order valence-electron chi connectivity index (χ4n) is 3.43. The third-order valence-corrected chi connectivity index (χ3v) is 12.9. The van der Waals surface area contributed by atoms with Gasteiger partial charge in [-0.15, -0.1) is 0 Å². The van der Waals surface area contributed by atoms with Crippen LogP contribution in [0.15, 0.2) is 91.0 Å². The molecule has 0 bridgehead atoms. The van der Waals surface area contributed by atoms with Crippen molar-refractivity contribution in [3.8, 4) is 0 Å². The van der Waals surface area contributed by atoms with Crippen molar-refractivity contribution >= 4 is 33.1 Å². The van der Waals surface area contributed by atoms with Crippen LogP contribution in [0.25, 0.3) is 0 Å². The van der Waals surface area contributed by atoms with Gasteiger partial charge in [-0.2, -0.15) is 0 Å². The number of methoxy groups -OCH3 is 1. The standard InChI is InChI=1S/C21H22ClOP/c1-18(23-2)24(22,19-12-6-3-7-13-19,20-14-8-4-9-15-20)21-16-10-5-11-17-21/h3-18H,1-2H3. The van der Waals surface area contributed by atoms with Gasteiger partial charge in [0.25, 0.3) is 0 Å². The van der Waals surface area contributed by atoms with Crippen LogP contribution in [0.3, 0.4) is 0 Å². The van der Waals surface area contributed by atoms with E-state index >= 15 is 0 Å².